The number of amidine groups is 1. The first kappa shape index (κ1) is 22.3. The van der Waals surface area contributed by atoms with E-state index in [0.29, 0.717) is 50.4 Å². The Morgan fingerprint density at radius 3 is 2.37 bits per heavy atom. The summed E-state index contributed by atoms with van der Waals surface area (Å²) in [5.74, 6) is 0.807. The molecular weight excluding hydrogens is 464 g/mol. The molecule has 2 aromatic rings. The maximum Gasteiger partial charge on any atom is 0.285 e. The number of piperidine rings is 2. The van der Waals surface area contributed by atoms with E-state index in [1.807, 2.05) is 40.1 Å². The molecule has 1 N–H and O–H groups in total. The third-order valence-corrected chi connectivity index (χ3v) is 9.24. The van der Waals surface area contributed by atoms with Crippen molar-refractivity contribution in [2.75, 3.05) is 31.5 Å². The summed E-state index contributed by atoms with van der Waals surface area (Å²) in [4.78, 5) is 30.1. The van der Waals surface area contributed by atoms with Gasteiger partial charge in [0.15, 0.2) is 5.84 Å². The van der Waals surface area contributed by atoms with Crippen LogP contribution in [0, 0.1) is 11.8 Å². The number of nitrogens with zero attached hydrogens (tertiary/aromatic N) is 3. The number of hydrogen-bond acceptors (Lipinski definition) is 5. The number of rotatable bonds is 2. The van der Waals surface area contributed by atoms with Crippen molar-refractivity contribution in [1.29, 1.82) is 0 Å². The van der Waals surface area contributed by atoms with E-state index in [1.54, 1.807) is 18.2 Å². The number of hydrogen-bond donors (Lipinski definition) is 1. The summed E-state index contributed by atoms with van der Waals surface area (Å²) in [6.45, 7) is 2.56. The van der Waals surface area contributed by atoms with E-state index in [4.69, 9.17) is 0 Å². The van der Waals surface area contributed by atoms with Gasteiger partial charge in [-0.15, -0.1) is 4.40 Å². The number of nitrogens with one attached hydrogen (secondary N) is 1. The van der Waals surface area contributed by atoms with Gasteiger partial charge >= 0.3 is 0 Å². The topological polar surface area (TPSA) is 99.2 Å². The van der Waals surface area contributed by atoms with Gasteiger partial charge in [0.2, 0.25) is 11.8 Å². The minimum Gasteiger partial charge on any atom is -0.355 e. The number of likely N-dealkylation sites (tertiary alicyclic amines) is 2. The quantitative estimate of drug-likeness (QED) is 0.695. The minimum absolute atomic E-state index is 0.0628. The Kier molecular flexibility index (Phi) is 5.40. The smallest absolute Gasteiger partial charge is 0.285 e. The largest absolute Gasteiger partial charge is 0.355 e. The maximum absolute atomic E-state index is 13.3. The van der Waals surface area contributed by atoms with Crippen LogP contribution in [0.25, 0.3) is 0 Å². The predicted molar refractivity (Wildman–Crippen MR) is 132 cm³/mol. The average Bonchev–Trinajstić information content (AvgIpc) is 3.36. The van der Waals surface area contributed by atoms with Crippen LogP contribution < -0.4 is 5.32 Å². The Morgan fingerprint density at radius 1 is 0.914 bits per heavy atom. The summed E-state index contributed by atoms with van der Waals surface area (Å²) in [5, 5.41) is 3.00. The normalized spacial score (nSPS) is 24.1. The fraction of sp³-hybridized carbons (Fsp3) is 0.423. The Bertz CT molecular complexity index is 1320. The van der Waals surface area contributed by atoms with Gasteiger partial charge in [0, 0.05) is 43.3 Å². The number of fused-ring (bicyclic) bond motifs is 2. The number of sulfonamides is 1. The first-order chi connectivity index (χ1) is 16.9. The number of carbonyl (C=O) groups is 2. The zero-order valence-corrected chi connectivity index (χ0v) is 20.2. The first-order valence-electron chi connectivity index (χ1n) is 12.3. The highest BCUT2D eigenvalue weighted by Crippen LogP contribution is 2.41. The van der Waals surface area contributed by atoms with E-state index >= 15 is 0 Å². The van der Waals surface area contributed by atoms with Crippen LogP contribution in [0.2, 0.25) is 0 Å². The molecule has 6 rings (SSSR count). The lowest BCUT2D eigenvalue weighted by Gasteiger charge is -2.38. The van der Waals surface area contributed by atoms with Gasteiger partial charge < -0.3 is 15.1 Å². The number of anilines is 1. The second-order valence-electron chi connectivity index (χ2n) is 9.86. The van der Waals surface area contributed by atoms with Gasteiger partial charge in [0.1, 0.15) is 4.90 Å². The van der Waals surface area contributed by atoms with Crippen LogP contribution in [-0.4, -0.2) is 62.0 Å². The zero-order chi connectivity index (χ0) is 24.2. The lowest BCUT2D eigenvalue weighted by Crippen LogP contribution is -2.47. The molecule has 0 saturated carbocycles. The molecule has 9 heteroatoms. The molecule has 8 nitrogen and oxygen atoms in total. The van der Waals surface area contributed by atoms with Crippen LogP contribution >= 0.6 is 0 Å². The summed E-state index contributed by atoms with van der Waals surface area (Å²) < 4.78 is 28.8. The Morgan fingerprint density at radius 2 is 1.60 bits per heavy atom. The van der Waals surface area contributed by atoms with Gasteiger partial charge in [-0.2, -0.15) is 8.42 Å². The summed E-state index contributed by atoms with van der Waals surface area (Å²) in [7, 11) is -3.64. The molecule has 0 radical (unpaired) electrons. The monoisotopic (exact) mass is 492 g/mol. The Hall–Kier alpha value is -3.20. The second kappa shape index (κ2) is 8.48. The van der Waals surface area contributed by atoms with Crippen LogP contribution in [-0.2, 0) is 19.6 Å². The molecule has 1 atom stereocenters. The minimum atomic E-state index is -3.64. The van der Waals surface area contributed by atoms with Gasteiger partial charge in [-0.1, -0.05) is 30.3 Å². The zero-order valence-electron chi connectivity index (χ0n) is 19.4. The van der Waals surface area contributed by atoms with Gasteiger partial charge in [0.25, 0.3) is 10.0 Å². The third kappa shape index (κ3) is 3.82. The van der Waals surface area contributed by atoms with Crippen molar-refractivity contribution in [3.05, 3.63) is 59.7 Å². The second-order valence-corrected chi connectivity index (χ2v) is 11.4. The van der Waals surface area contributed by atoms with Crippen molar-refractivity contribution >= 4 is 33.4 Å². The summed E-state index contributed by atoms with van der Waals surface area (Å²) in [6, 6.07) is 14.8. The molecule has 0 spiro atoms. The van der Waals surface area contributed by atoms with E-state index in [1.165, 1.54) is 0 Å². The Balaban J connectivity index is 1.06. The molecule has 0 aromatic heterocycles. The summed E-state index contributed by atoms with van der Waals surface area (Å²) >= 11 is 0. The molecule has 2 fully saturated rings. The predicted octanol–water partition coefficient (Wildman–Crippen LogP) is 2.82. The van der Waals surface area contributed by atoms with Gasteiger partial charge in [0.05, 0.1) is 5.92 Å². The maximum atomic E-state index is 13.3. The number of amides is 2. The fourth-order valence-electron chi connectivity index (χ4n) is 6.07. The molecular formula is C26H28N4O4S. The molecule has 1 unspecified atom stereocenters. The Labute approximate surface area is 205 Å². The molecule has 4 heterocycles. The van der Waals surface area contributed by atoms with E-state index in [9.17, 15) is 18.0 Å². The lowest BCUT2D eigenvalue weighted by molar-refractivity contribution is -0.138. The molecule has 182 valence electrons. The molecule has 2 saturated heterocycles. The standard InChI is InChI=1S/C26H28N4O4S/c31-25-23(19-5-1-3-7-21(19)27-25)17-9-15-30(16-10-17)26(32)18-11-13-29(14-12-18)24-20-6-2-4-8-22(20)35(33,34)28-24/h1-8,17-18,23H,9-16H2,(H,27,31). The molecule has 0 bridgehead atoms. The van der Waals surface area contributed by atoms with Gasteiger partial charge in [-0.25, -0.2) is 0 Å². The number of benzene rings is 2. The van der Waals surface area contributed by atoms with Crippen LogP contribution in [0.3, 0.4) is 0 Å². The highest BCUT2D eigenvalue weighted by atomic mass is 32.2. The summed E-state index contributed by atoms with van der Waals surface area (Å²) in [6.07, 6.45) is 3.00. The van der Waals surface area contributed by atoms with Crippen molar-refractivity contribution in [2.24, 2.45) is 16.2 Å². The van der Waals surface area contributed by atoms with Crippen LogP contribution in [0.4, 0.5) is 5.69 Å². The molecule has 4 aliphatic rings. The van der Waals surface area contributed by atoms with Gasteiger partial charge in [-0.3, -0.25) is 9.59 Å². The van der Waals surface area contributed by atoms with E-state index in [2.05, 4.69) is 9.71 Å². The fourth-order valence-corrected chi connectivity index (χ4v) is 7.30. The highest BCUT2D eigenvalue weighted by molar-refractivity contribution is 7.90. The average molecular weight is 493 g/mol. The lowest BCUT2D eigenvalue weighted by atomic mass is 9.80. The molecule has 4 aliphatic heterocycles. The highest BCUT2D eigenvalue weighted by Gasteiger charge is 2.40. The first-order valence-corrected chi connectivity index (χ1v) is 13.7. The van der Waals surface area contributed by atoms with Crippen LogP contribution in [0.5, 0.6) is 0 Å². The van der Waals surface area contributed by atoms with E-state index in [0.717, 1.165) is 24.1 Å². The van der Waals surface area contributed by atoms with Crippen molar-refractivity contribution in [3.8, 4) is 0 Å². The number of carbonyl (C=O) groups excluding carboxylic acids is 2. The number of para-hydroxylation sites is 1. The molecule has 0 aliphatic carbocycles. The van der Waals surface area contributed by atoms with Crippen molar-refractivity contribution in [2.45, 2.75) is 36.5 Å². The van der Waals surface area contributed by atoms with E-state index in [-0.39, 0.29) is 34.5 Å². The SMILES string of the molecule is O=C1Nc2ccccc2C1C1CCN(C(=O)C2CCN(C3=NS(=O)(=O)c4ccccc43)CC2)CC1. The van der Waals surface area contributed by atoms with Crippen LogP contribution in [0.15, 0.2) is 57.8 Å². The van der Waals surface area contributed by atoms with Crippen molar-refractivity contribution in [3.63, 3.8) is 0 Å². The van der Waals surface area contributed by atoms with Crippen molar-refractivity contribution in [1.82, 2.24) is 9.80 Å². The van der Waals surface area contributed by atoms with E-state index < -0.39 is 10.0 Å². The molecule has 35 heavy (non-hydrogen) atoms. The molecule has 2 aromatic carbocycles. The third-order valence-electron chi connectivity index (χ3n) is 7.92. The molecule has 2 amide bonds. The van der Waals surface area contributed by atoms with Gasteiger partial charge in [-0.05, 0) is 55.4 Å². The van der Waals surface area contributed by atoms with Crippen molar-refractivity contribution < 1.29 is 18.0 Å². The summed E-state index contributed by atoms with van der Waals surface area (Å²) in [5.41, 5.74) is 2.64. The van der Waals surface area contributed by atoms with Crippen LogP contribution in [0.1, 0.15) is 42.7 Å².